The second-order valence-electron chi connectivity index (χ2n) is 4.25. The van der Waals surface area contributed by atoms with Crippen LogP contribution < -0.4 is 0 Å². The number of nitrogens with one attached hydrogen (secondary N) is 1. The van der Waals surface area contributed by atoms with Crippen LogP contribution in [0.5, 0.6) is 5.75 Å². The highest BCUT2D eigenvalue weighted by Crippen LogP contribution is 2.23. The molecule has 0 saturated heterocycles. The lowest BCUT2D eigenvalue weighted by Gasteiger charge is -2.00. The van der Waals surface area contributed by atoms with Crippen molar-refractivity contribution in [2.45, 2.75) is 0 Å². The average molecular weight is 251 g/mol. The number of nitrogens with zero attached hydrogens (tertiary/aromatic N) is 4. The number of benzene rings is 1. The van der Waals surface area contributed by atoms with E-state index in [0.29, 0.717) is 5.82 Å². The number of H-pyrrole nitrogens is 1. The number of aromatic nitrogens is 5. The van der Waals surface area contributed by atoms with E-state index >= 15 is 0 Å². The molecule has 0 radical (unpaired) electrons. The van der Waals surface area contributed by atoms with Gasteiger partial charge in [-0.15, -0.1) is 10.2 Å². The molecule has 0 aliphatic heterocycles. The number of aromatic hydroxyl groups is 1. The van der Waals surface area contributed by atoms with Gasteiger partial charge in [0.1, 0.15) is 17.7 Å². The first-order valence-corrected chi connectivity index (χ1v) is 5.79. The van der Waals surface area contributed by atoms with Crippen LogP contribution in [0.4, 0.5) is 0 Å². The van der Waals surface area contributed by atoms with Crippen molar-refractivity contribution in [2.24, 2.45) is 0 Å². The Balaban J connectivity index is 2.02. The summed E-state index contributed by atoms with van der Waals surface area (Å²) >= 11 is 0. The van der Waals surface area contributed by atoms with Gasteiger partial charge in [0.05, 0.1) is 5.39 Å². The maximum absolute atomic E-state index is 9.32. The van der Waals surface area contributed by atoms with Gasteiger partial charge in [-0.05, 0) is 30.3 Å². The third-order valence-electron chi connectivity index (χ3n) is 3.09. The first kappa shape index (κ1) is 10.1. The van der Waals surface area contributed by atoms with E-state index in [9.17, 15) is 5.11 Å². The Morgan fingerprint density at radius 3 is 2.74 bits per heavy atom. The molecule has 6 nitrogen and oxygen atoms in total. The number of hydrogen-bond donors (Lipinski definition) is 2. The topological polar surface area (TPSA) is 79.1 Å². The van der Waals surface area contributed by atoms with Crippen molar-refractivity contribution in [3.05, 3.63) is 42.9 Å². The predicted molar refractivity (Wildman–Crippen MR) is 69.7 cm³/mol. The fraction of sp³-hybridized carbons (Fsp3) is 0. The van der Waals surface area contributed by atoms with Crippen LogP contribution in [-0.4, -0.2) is 29.7 Å². The number of aromatic amines is 1. The van der Waals surface area contributed by atoms with E-state index in [0.717, 1.165) is 22.2 Å². The third kappa shape index (κ3) is 1.40. The van der Waals surface area contributed by atoms with E-state index in [1.165, 1.54) is 0 Å². The lowest BCUT2D eigenvalue weighted by Crippen LogP contribution is -1.91. The lowest BCUT2D eigenvalue weighted by atomic mass is 10.2. The molecule has 92 valence electrons. The van der Waals surface area contributed by atoms with E-state index < -0.39 is 0 Å². The minimum Gasteiger partial charge on any atom is -0.508 e. The number of rotatable bonds is 1. The Bertz CT molecular complexity index is 875. The summed E-state index contributed by atoms with van der Waals surface area (Å²) in [6.45, 7) is 0. The SMILES string of the molecule is Oc1ccc(-c2nnc3c4cc[nH]c4ncn23)cc1. The Kier molecular flexibility index (Phi) is 1.88. The Morgan fingerprint density at radius 1 is 1.05 bits per heavy atom. The van der Waals surface area contributed by atoms with E-state index in [4.69, 9.17) is 0 Å². The van der Waals surface area contributed by atoms with Crippen LogP contribution in [0.15, 0.2) is 42.9 Å². The molecule has 2 N–H and O–H groups in total. The molecule has 0 atom stereocenters. The highest BCUT2D eigenvalue weighted by atomic mass is 16.3. The quantitative estimate of drug-likeness (QED) is 0.542. The summed E-state index contributed by atoms with van der Waals surface area (Å²) in [6.07, 6.45) is 3.52. The molecule has 0 bridgehead atoms. The number of phenols is 1. The summed E-state index contributed by atoms with van der Waals surface area (Å²) < 4.78 is 1.84. The molecule has 3 heterocycles. The second-order valence-corrected chi connectivity index (χ2v) is 4.25. The smallest absolute Gasteiger partial charge is 0.173 e. The first-order valence-electron chi connectivity index (χ1n) is 5.79. The molecule has 6 heteroatoms. The minimum atomic E-state index is 0.226. The molecule has 0 amide bonds. The van der Waals surface area contributed by atoms with E-state index in [1.54, 1.807) is 30.6 Å². The zero-order chi connectivity index (χ0) is 12.8. The summed E-state index contributed by atoms with van der Waals surface area (Å²) in [6, 6.07) is 8.77. The van der Waals surface area contributed by atoms with Gasteiger partial charge in [0.15, 0.2) is 11.5 Å². The normalized spacial score (nSPS) is 11.4. The van der Waals surface area contributed by atoms with Crippen LogP contribution in [0.25, 0.3) is 28.1 Å². The highest BCUT2D eigenvalue weighted by Gasteiger charge is 2.11. The maximum Gasteiger partial charge on any atom is 0.173 e. The number of hydrogen-bond acceptors (Lipinski definition) is 4. The highest BCUT2D eigenvalue weighted by molar-refractivity contribution is 5.89. The largest absolute Gasteiger partial charge is 0.508 e. The van der Waals surface area contributed by atoms with Crippen molar-refractivity contribution >= 4 is 16.7 Å². The Labute approximate surface area is 107 Å². The van der Waals surface area contributed by atoms with Crippen molar-refractivity contribution in [3.8, 4) is 17.1 Å². The molecule has 1 aromatic carbocycles. The summed E-state index contributed by atoms with van der Waals surface area (Å²) in [4.78, 5) is 7.37. The van der Waals surface area contributed by atoms with E-state index in [1.807, 2.05) is 16.7 Å². The lowest BCUT2D eigenvalue weighted by molar-refractivity contribution is 0.475. The van der Waals surface area contributed by atoms with Crippen LogP contribution in [0.2, 0.25) is 0 Å². The molecule has 0 aliphatic carbocycles. The van der Waals surface area contributed by atoms with Gasteiger partial charge in [0.2, 0.25) is 0 Å². The molecule has 0 fully saturated rings. The summed E-state index contributed by atoms with van der Waals surface area (Å²) in [5.41, 5.74) is 2.42. The van der Waals surface area contributed by atoms with Crippen LogP contribution >= 0.6 is 0 Å². The van der Waals surface area contributed by atoms with Gasteiger partial charge < -0.3 is 10.1 Å². The second kappa shape index (κ2) is 3.55. The summed E-state index contributed by atoms with van der Waals surface area (Å²) in [7, 11) is 0. The molecule has 0 spiro atoms. The summed E-state index contributed by atoms with van der Waals surface area (Å²) in [5.74, 6) is 0.925. The van der Waals surface area contributed by atoms with Crippen LogP contribution in [0.3, 0.4) is 0 Å². The van der Waals surface area contributed by atoms with Crippen molar-refractivity contribution in [1.29, 1.82) is 0 Å². The van der Waals surface area contributed by atoms with Gasteiger partial charge >= 0.3 is 0 Å². The van der Waals surface area contributed by atoms with Gasteiger partial charge in [-0.25, -0.2) is 4.98 Å². The molecule has 3 aromatic heterocycles. The average Bonchev–Trinajstić information content (AvgIpc) is 3.04. The summed E-state index contributed by atoms with van der Waals surface area (Å²) in [5, 5.41) is 18.7. The fourth-order valence-electron chi connectivity index (χ4n) is 2.16. The van der Waals surface area contributed by atoms with Crippen molar-refractivity contribution in [1.82, 2.24) is 24.6 Å². The molecule has 4 aromatic rings. The zero-order valence-corrected chi connectivity index (χ0v) is 9.78. The minimum absolute atomic E-state index is 0.226. The van der Waals surface area contributed by atoms with Gasteiger partial charge in [-0.3, -0.25) is 4.40 Å². The van der Waals surface area contributed by atoms with Gasteiger partial charge in [-0.2, -0.15) is 0 Å². The standard InChI is InChI=1S/C13H9N5O/c19-9-3-1-8(2-4-9)12-16-17-13-10-5-6-14-11(10)15-7-18(12)13/h1-7,14,19H. The van der Waals surface area contributed by atoms with Crippen molar-refractivity contribution in [3.63, 3.8) is 0 Å². The third-order valence-corrected chi connectivity index (χ3v) is 3.09. The van der Waals surface area contributed by atoms with Crippen molar-refractivity contribution < 1.29 is 5.11 Å². The molecular weight excluding hydrogens is 242 g/mol. The number of fused-ring (bicyclic) bond motifs is 3. The van der Waals surface area contributed by atoms with Crippen LogP contribution in [0.1, 0.15) is 0 Å². The molecular formula is C13H9N5O. The van der Waals surface area contributed by atoms with E-state index in [-0.39, 0.29) is 5.75 Å². The zero-order valence-electron chi connectivity index (χ0n) is 9.78. The van der Waals surface area contributed by atoms with Gasteiger partial charge in [-0.1, -0.05) is 0 Å². The van der Waals surface area contributed by atoms with Gasteiger partial charge in [0, 0.05) is 11.8 Å². The maximum atomic E-state index is 9.32. The van der Waals surface area contributed by atoms with E-state index in [2.05, 4.69) is 20.2 Å². The van der Waals surface area contributed by atoms with Crippen molar-refractivity contribution in [2.75, 3.05) is 0 Å². The first-order chi connectivity index (χ1) is 9.33. The van der Waals surface area contributed by atoms with Crippen LogP contribution in [0, 0.1) is 0 Å². The Morgan fingerprint density at radius 2 is 1.89 bits per heavy atom. The van der Waals surface area contributed by atoms with Crippen LogP contribution in [-0.2, 0) is 0 Å². The number of phenolic OH excluding ortho intramolecular Hbond substituents is 1. The molecule has 0 aliphatic rings. The fourth-order valence-corrected chi connectivity index (χ4v) is 2.16. The monoisotopic (exact) mass is 251 g/mol. The van der Waals surface area contributed by atoms with Gasteiger partial charge in [0.25, 0.3) is 0 Å². The molecule has 0 saturated carbocycles. The predicted octanol–water partition coefficient (Wildman–Crippen LogP) is 1.98. The Hall–Kier alpha value is -2.89. The molecule has 4 rings (SSSR count). The molecule has 19 heavy (non-hydrogen) atoms. The molecule has 0 unspecified atom stereocenters.